The van der Waals surface area contributed by atoms with Crippen LogP contribution in [0.15, 0.2) is 64.5 Å². The smallest absolute Gasteiger partial charge is 0.285 e. The molecular weight excluding hydrogens is 374 g/mol. The van der Waals surface area contributed by atoms with E-state index in [0.717, 1.165) is 40.5 Å². The molecule has 0 spiro atoms. The second-order valence-electron chi connectivity index (χ2n) is 6.23. The van der Waals surface area contributed by atoms with Gasteiger partial charge in [-0.2, -0.15) is 4.99 Å². The average molecular weight is 398 g/mol. The minimum Gasteiger partial charge on any atom is -0.486 e. The van der Waals surface area contributed by atoms with Gasteiger partial charge in [0.2, 0.25) is 0 Å². The Labute approximate surface area is 169 Å². The van der Waals surface area contributed by atoms with E-state index >= 15 is 0 Å². The zero-order valence-electron chi connectivity index (χ0n) is 15.6. The van der Waals surface area contributed by atoms with E-state index in [-0.39, 0.29) is 12.0 Å². The normalized spacial score (nSPS) is 16.4. The van der Waals surface area contributed by atoms with Crippen molar-refractivity contribution in [2.75, 3.05) is 6.26 Å². The Kier molecular flexibility index (Phi) is 7.18. The van der Waals surface area contributed by atoms with Crippen LogP contribution in [0.25, 0.3) is 6.08 Å². The number of nitrogens with zero attached hydrogens (tertiary/aromatic N) is 1. The summed E-state index contributed by atoms with van der Waals surface area (Å²) in [4.78, 5) is 16.6. The van der Waals surface area contributed by atoms with Gasteiger partial charge in [0.1, 0.15) is 16.2 Å². The molecule has 3 nitrogen and oxygen atoms in total. The van der Waals surface area contributed by atoms with E-state index in [1.54, 1.807) is 0 Å². The maximum atomic E-state index is 11.9. The van der Waals surface area contributed by atoms with Gasteiger partial charge in [-0.15, -0.1) is 11.8 Å². The first-order valence-electron chi connectivity index (χ1n) is 9.08. The fourth-order valence-electron chi connectivity index (χ4n) is 2.78. The molecule has 1 aliphatic heterocycles. The van der Waals surface area contributed by atoms with Crippen molar-refractivity contribution < 1.29 is 9.53 Å². The molecule has 5 heteroatoms. The number of hydrogen-bond donors (Lipinski definition) is 0. The zero-order chi connectivity index (χ0) is 19.1. The lowest BCUT2D eigenvalue weighted by atomic mass is 10.0. The largest absolute Gasteiger partial charge is 0.486 e. The van der Waals surface area contributed by atoms with Crippen molar-refractivity contribution in [3.8, 4) is 5.75 Å². The highest BCUT2D eigenvalue weighted by Gasteiger charge is 2.21. The van der Waals surface area contributed by atoms with Crippen LogP contribution in [-0.2, 0) is 4.79 Å². The molecule has 1 amide bonds. The second-order valence-corrected chi connectivity index (χ2v) is 8.31. The van der Waals surface area contributed by atoms with Crippen LogP contribution in [0.4, 0.5) is 0 Å². The third-order valence-corrected chi connectivity index (χ3v) is 6.19. The summed E-state index contributed by atoms with van der Waals surface area (Å²) in [6.45, 7) is 2.19. The lowest BCUT2D eigenvalue weighted by molar-refractivity contribution is -0.113. The molecule has 0 saturated heterocycles. The van der Waals surface area contributed by atoms with Crippen LogP contribution in [0, 0.1) is 0 Å². The predicted octanol–water partition coefficient (Wildman–Crippen LogP) is 6.33. The molecule has 3 rings (SSSR count). The number of thioether (sulfide) groups is 2. The number of benzene rings is 2. The number of carbonyl (C=O) groups is 1. The molecule has 2 aromatic carbocycles. The van der Waals surface area contributed by atoms with E-state index in [1.807, 2.05) is 54.8 Å². The maximum Gasteiger partial charge on any atom is 0.285 e. The Morgan fingerprint density at radius 1 is 1.15 bits per heavy atom. The predicted molar refractivity (Wildman–Crippen MR) is 117 cm³/mol. The van der Waals surface area contributed by atoms with Gasteiger partial charge in [-0.1, -0.05) is 67.6 Å². The molecule has 0 bridgehead atoms. The molecule has 0 radical (unpaired) electrons. The molecule has 27 heavy (non-hydrogen) atoms. The van der Waals surface area contributed by atoms with E-state index in [4.69, 9.17) is 4.74 Å². The van der Waals surface area contributed by atoms with Crippen LogP contribution in [0.3, 0.4) is 0 Å². The molecule has 0 saturated carbocycles. The van der Waals surface area contributed by atoms with Crippen molar-refractivity contribution in [3.05, 3.63) is 70.6 Å². The van der Waals surface area contributed by atoms with Crippen LogP contribution < -0.4 is 4.74 Å². The summed E-state index contributed by atoms with van der Waals surface area (Å²) in [5.41, 5.74) is 2.15. The van der Waals surface area contributed by atoms with Gasteiger partial charge in [-0.05, 0) is 48.4 Å². The van der Waals surface area contributed by atoms with Crippen molar-refractivity contribution in [2.45, 2.75) is 32.3 Å². The van der Waals surface area contributed by atoms with Gasteiger partial charge in [0.05, 0.1) is 4.91 Å². The number of carbonyl (C=O) groups excluding carboxylic acids is 1. The lowest BCUT2D eigenvalue weighted by Gasteiger charge is -2.19. The van der Waals surface area contributed by atoms with Crippen LogP contribution in [0.5, 0.6) is 5.75 Å². The first-order valence-corrected chi connectivity index (χ1v) is 11.1. The molecular formula is C22H23NO2S2. The molecule has 140 valence electrons. The summed E-state index contributed by atoms with van der Waals surface area (Å²) in [5.74, 6) is 0.737. The van der Waals surface area contributed by atoms with Crippen LogP contribution in [0.2, 0.25) is 0 Å². The monoisotopic (exact) mass is 397 g/mol. The summed E-state index contributed by atoms with van der Waals surface area (Å²) in [7, 11) is 0. The van der Waals surface area contributed by atoms with Crippen LogP contribution >= 0.6 is 23.5 Å². The summed E-state index contributed by atoms with van der Waals surface area (Å²) in [6, 6.07) is 18.2. The van der Waals surface area contributed by atoms with Crippen molar-refractivity contribution in [1.29, 1.82) is 0 Å². The Hall–Kier alpha value is -1.98. The molecule has 1 atom stereocenters. The Morgan fingerprint density at radius 2 is 1.89 bits per heavy atom. The van der Waals surface area contributed by atoms with E-state index in [9.17, 15) is 4.79 Å². The van der Waals surface area contributed by atoms with Gasteiger partial charge in [0, 0.05) is 0 Å². The molecule has 1 heterocycles. The molecule has 2 aromatic rings. The number of amides is 1. The Morgan fingerprint density at radius 3 is 2.52 bits per heavy atom. The molecule has 1 unspecified atom stereocenters. The molecule has 1 aliphatic rings. The SMILES string of the molecule is CCCCC(Oc1ccccc1)c1ccc(C=C2SC(SC)=NC2=O)cc1. The molecule has 0 fully saturated rings. The number of para-hydroxylation sites is 1. The standard InChI is InChI=1S/C22H23NO2S2/c1-3-4-10-19(25-18-8-6-5-7-9-18)17-13-11-16(12-14-17)15-20-21(24)23-22(26-2)27-20/h5-9,11-15,19H,3-4,10H2,1-2H3. The van der Waals surface area contributed by atoms with E-state index < -0.39 is 0 Å². The quantitative estimate of drug-likeness (QED) is 0.512. The number of unbranched alkanes of at least 4 members (excludes halogenated alkanes) is 1. The second kappa shape index (κ2) is 9.81. The van der Waals surface area contributed by atoms with Crippen LogP contribution in [-0.4, -0.2) is 16.5 Å². The molecule has 0 aliphatic carbocycles. The summed E-state index contributed by atoms with van der Waals surface area (Å²) >= 11 is 2.94. The number of rotatable bonds is 7. The van der Waals surface area contributed by atoms with E-state index in [0.29, 0.717) is 4.91 Å². The van der Waals surface area contributed by atoms with Crippen molar-refractivity contribution >= 4 is 39.9 Å². The van der Waals surface area contributed by atoms with Gasteiger partial charge in [0.25, 0.3) is 5.91 Å². The van der Waals surface area contributed by atoms with Crippen molar-refractivity contribution in [3.63, 3.8) is 0 Å². The Bertz CT molecular complexity index is 829. The third-order valence-electron chi connectivity index (χ3n) is 4.22. The average Bonchev–Trinajstić information content (AvgIpc) is 3.06. The van der Waals surface area contributed by atoms with E-state index in [1.165, 1.54) is 23.5 Å². The van der Waals surface area contributed by atoms with Crippen LogP contribution in [0.1, 0.15) is 43.4 Å². The van der Waals surface area contributed by atoms with Gasteiger partial charge < -0.3 is 4.74 Å². The lowest BCUT2D eigenvalue weighted by Crippen LogP contribution is -2.07. The fourth-order valence-corrected chi connectivity index (χ4v) is 4.20. The number of ether oxygens (including phenoxy) is 1. The summed E-state index contributed by atoms with van der Waals surface area (Å²) in [6.07, 6.45) is 7.09. The van der Waals surface area contributed by atoms with Crippen molar-refractivity contribution in [2.24, 2.45) is 4.99 Å². The first-order chi connectivity index (χ1) is 13.2. The Balaban J connectivity index is 1.74. The van der Waals surface area contributed by atoms with Gasteiger partial charge in [-0.25, -0.2) is 0 Å². The van der Waals surface area contributed by atoms with E-state index in [2.05, 4.69) is 24.0 Å². The van der Waals surface area contributed by atoms with Gasteiger partial charge in [0.15, 0.2) is 0 Å². The fraction of sp³-hybridized carbons (Fsp3) is 0.273. The van der Waals surface area contributed by atoms with Crippen molar-refractivity contribution in [1.82, 2.24) is 0 Å². The molecule has 0 N–H and O–H groups in total. The van der Waals surface area contributed by atoms with Gasteiger partial charge >= 0.3 is 0 Å². The minimum atomic E-state index is -0.151. The first kappa shape index (κ1) is 19.8. The maximum absolute atomic E-state index is 11.9. The van der Waals surface area contributed by atoms with Gasteiger partial charge in [-0.3, -0.25) is 4.79 Å². The molecule has 0 aromatic heterocycles. The summed E-state index contributed by atoms with van der Waals surface area (Å²) in [5, 5.41) is 0. The summed E-state index contributed by atoms with van der Waals surface area (Å²) < 4.78 is 7.03. The highest BCUT2D eigenvalue weighted by Crippen LogP contribution is 2.33. The minimum absolute atomic E-state index is 0.0305. The highest BCUT2D eigenvalue weighted by atomic mass is 32.2. The zero-order valence-corrected chi connectivity index (χ0v) is 17.2. The number of aliphatic imine (C=N–C) groups is 1. The third kappa shape index (κ3) is 5.50. The highest BCUT2D eigenvalue weighted by molar-refractivity contribution is 8.40. The topological polar surface area (TPSA) is 38.7 Å². The number of hydrogen-bond acceptors (Lipinski definition) is 4.